The van der Waals surface area contributed by atoms with Gasteiger partial charge in [0.2, 0.25) is 0 Å². The van der Waals surface area contributed by atoms with Crippen molar-refractivity contribution in [3.05, 3.63) is 235 Å². The Bertz CT molecular complexity index is 3110. The van der Waals surface area contributed by atoms with Crippen LogP contribution < -0.4 is 4.90 Å². The minimum Gasteiger partial charge on any atom is -0.310 e. The molecule has 2 bridgehead atoms. The summed E-state index contributed by atoms with van der Waals surface area (Å²) in [5.41, 5.74) is 20.4. The highest BCUT2D eigenvalue weighted by Gasteiger charge is 2.54. The Morgan fingerprint density at radius 2 is 0.969 bits per heavy atom. The number of anilines is 3. The topological polar surface area (TPSA) is 3.24 Å². The van der Waals surface area contributed by atoms with E-state index >= 15 is 0 Å². The first kappa shape index (κ1) is 38.5. The number of fused-ring (bicyclic) bond motifs is 9. The number of hydrogen-bond donors (Lipinski definition) is 0. The fraction of sp³-hybridized carbons (Fsp3) is 0.143. The van der Waals surface area contributed by atoms with Gasteiger partial charge in [0.25, 0.3) is 0 Å². The molecule has 0 aliphatic heterocycles. The predicted octanol–water partition coefficient (Wildman–Crippen LogP) is 17.3. The summed E-state index contributed by atoms with van der Waals surface area (Å²) >= 11 is 0. The Morgan fingerprint density at radius 1 is 0.438 bits per heavy atom. The highest BCUT2D eigenvalue weighted by atomic mass is 15.1. The third-order valence-electron chi connectivity index (χ3n) is 14.9. The van der Waals surface area contributed by atoms with Crippen molar-refractivity contribution in [1.82, 2.24) is 0 Å². The molecule has 0 amide bonds. The molecule has 308 valence electrons. The van der Waals surface area contributed by atoms with Gasteiger partial charge in [0.1, 0.15) is 0 Å². The van der Waals surface area contributed by atoms with Crippen LogP contribution in [-0.4, -0.2) is 0 Å². The fourth-order valence-electron chi connectivity index (χ4n) is 12.1. The normalized spacial score (nSPS) is 19.5. The molecular weight excluding hydrogens is 771 g/mol. The van der Waals surface area contributed by atoms with Gasteiger partial charge in [0.15, 0.2) is 0 Å². The largest absolute Gasteiger partial charge is 0.310 e. The van der Waals surface area contributed by atoms with Crippen LogP contribution in [0.5, 0.6) is 0 Å². The first-order chi connectivity index (χ1) is 31.5. The molecule has 0 radical (unpaired) electrons. The van der Waals surface area contributed by atoms with E-state index in [9.17, 15) is 0 Å². The van der Waals surface area contributed by atoms with Gasteiger partial charge in [-0.05, 0) is 158 Å². The van der Waals surface area contributed by atoms with Crippen LogP contribution in [0, 0.1) is 17.8 Å². The maximum atomic E-state index is 2.76. The van der Waals surface area contributed by atoms with Crippen LogP contribution in [0.1, 0.15) is 44.2 Å². The molecule has 1 heteroatoms. The molecule has 0 aromatic heterocycles. The van der Waals surface area contributed by atoms with Gasteiger partial charge in [0, 0.05) is 22.5 Å². The lowest BCUT2D eigenvalue weighted by molar-refractivity contribution is 0.168. The first-order valence-electron chi connectivity index (χ1n) is 23.2. The van der Waals surface area contributed by atoms with Crippen LogP contribution in [0.15, 0.2) is 224 Å². The number of benzene rings is 9. The van der Waals surface area contributed by atoms with Gasteiger partial charge in [-0.25, -0.2) is 0 Å². The minimum absolute atomic E-state index is 0.304. The Kier molecular flexibility index (Phi) is 9.34. The average molecular weight is 822 g/mol. The summed E-state index contributed by atoms with van der Waals surface area (Å²) in [5.74, 6) is 1.75. The van der Waals surface area contributed by atoms with Gasteiger partial charge in [-0.15, -0.1) is 0 Å². The second-order valence-electron chi connectivity index (χ2n) is 18.7. The van der Waals surface area contributed by atoms with E-state index in [0.717, 1.165) is 11.4 Å². The zero-order valence-corrected chi connectivity index (χ0v) is 36.6. The molecule has 0 N–H and O–H groups in total. The fourth-order valence-corrected chi connectivity index (χ4v) is 12.1. The van der Waals surface area contributed by atoms with Crippen molar-refractivity contribution in [3.63, 3.8) is 0 Å². The number of hydrogen-bond acceptors (Lipinski definition) is 1. The van der Waals surface area contributed by atoms with Crippen LogP contribution in [0.25, 0.3) is 66.4 Å². The van der Waals surface area contributed by atoms with Crippen LogP contribution in [0.4, 0.5) is 17.1 Å². The van der Waals surface area contributed by atoms with E-state index in [1.807, 2.05) is 0 Å². The van der Waals surface area contributed by atoms with E-state index in [4.69, 9.17) is 0 Å². The second-order valence-corrected chi connectivity index (χ2v) is 18.7. The van der Waals surface area contributed by atoms with Crippen molar-refractivity contribution in [2.45, 2.75) is 38.5 Å². The zero-order valence-electron chi connectivity index (χ0n) is 36.6. The lowest BCUT2D eigenvalue weighted by atomic mass is 9.54. The lowest BCUT2D eigenvalue weighted by Crippen LogP contribution is -2.42. The number of allylic oxidation sites excluding steroid dienone is 2. The van der Waals surface area contributed by atoms with Gasteiger partial charge in [-0.3, -0.25) is 0 Å². The lowest BCUT2D eigenvalue weighted by Gasteiger charge is -2.49. The Hall–Kier alpha value is -7.22. The van der Waals surface area contributed by atoms with Crippen molar-refractivity contribution >= 4 is 27.8 Å². The quantitative estimate of drug-likeness (QED) is 0.145. The summed E-state index contributed by atoms with van der Waals surface area (Å²) in [6.07, 6.45) is 6.47. The monoisotopic (exact) mass is 821 g/mol. The molecule has 12 rings (SSSR count). The predicted molar refractivity (Wildman–Crippen MR) is 270 cm³/mol. The molecule has 1 nitrogen and oxygen atoms in total. The molecule has 9 aromatic carbocycles. The van der Waals surface area contributed by atoms with Crippen molar-refractivity contribution in [1.29, 1.82) is 0 Å². The van der Waals surface area contributed by atoms with E-state index in [1.165, 1.54) is 102 Å². The summed E-state index contributed by atoms with van der Waals surface area (Å²) in [7, 11) is 0. The molecular formula is C63H51N. The Morgan fingerprint density at radius 3 is 1.62 bits per heavy atom. The molecule has 4 unspecified atom stereocenters. The molecule has 3 aliphatic carbocycles. The maximum Gasteiger partial charge on any atom is 0.0471 e. The standard InChI is InChI=1S/C63H51N/c1-42-36-50-38-51(37-42)63(41-43(50)2)60-40-54(64(52-32-28-46(29-33-52)44-16-6-3-7-17-44)53-34-30-47(31-35-53)45-18-8-4-9-19-45)39-59(57-26-14-23-48-22-12-13-24-55(48)57)61(60)58-27-15-25-56(62(58)63)49-20-10-5-11-21-49/h3-35,39-42,50-51H,36-38H2,1-2H3. The van der Waals surface area contributed by atoms with Crippen molar-refractivity contribution in [3.8, 4) is 55.6 Å². The SMILES string of the molecule is CC1=CC2(c3cc(N(c4ccc(-c5ccccc5)cc4)c4ccc(-c5ccccc5)cc4)cc(-c4cccc5ccccc45)c3-c3cccc(-c4ccccc4)c32)C2CC(C)CC1C2. The van der Waals surface area contributed by atoms with Gasteiger partial charge >= 0.3 is 0 Å². The molecule has 0 saturated heterocycles. The average Bonchev–Trinajstić information content (AvgIpc) is 3.64. The molecule has 64 heavy (non-hydrogen) atoms. The van der Waals surface area contributed by atoms with E-state index in [0.29, 0.717) is 17.8 Å². The maximum absolute atomic E-state index is 2.76. The summed E-state index contributed by atoms with van der Waals surface area (Å²) in [6, 6.07) is 79.1. The second kappa shape index (κ2) is 15.5. The summed E-state index contributed by atoms with van der Waals surface area (Å²) in [4.78, 5) is 2.51. The van der Waals surface area contributed by atoms with E-state index < -0.39 is 0 Å². The summed E-state index contributed by atoms with van der Waals surface area (Å²) < 4.78 is 0. The third kappa shape index (κ3) is 6.28. The van der Waals surface area contributed by atoms with Gasteiger partial charge < -0.3 is 4.90 Å². The molecule has 1 spiro atoms. The highest BCUT2D eigenvalue weighted by Crippen LogP contribution is 2.65. The Labute approximate surface area is 378 Å². The highest BCUT2D eigenvalue weighted by molar-refractivity contribution is 6.06. The van der Waals surface area contributed by atoms with E-state index in [-0.39, 0.29) is 5.41 Å². The van der Waals surface area contributed by atoms with Gasteiger partial charge in [-0.1, -0.05) is 194 Å². The minimum atomic E-state index is -0.304. The van der Waals surface area contributed by atoms with Crippen LogP contribution in [-0.2, 0) is 5.41 Å². The zero-order chi connectivity index (χ0) is 42.8. The van der Waals surface area contributed by atoms with E-state index in [1.54, 1.807) is 5.57 Å². The van der Waals surface area contributed by atoms with Crippen molar-refractivity contribution in [2.75, 3.05) is 4.90 Å². The van der Waals surface area contributed by atoms with Gasteiger partial charge in [-0.2, -0.15) is 0 Å². The molecule has 9 aromatic rings. The van der Waals surface area contributed by atoms with Crippen molar-refractivity contribution < 1.29 is 0 Å². The smallest absolute Gasteiger partial charge is 0.0471 e. The van der Waals surface area contributed by atoms with Crippen LogP contribution >= 0.6 is 0 Å². The first-order valence-corrected chi connectivity index (χ1v) is 23.2. The number of rotatable bonds is 7. The summed E-state index contributed by atoms with van der Waals surface area (Å²) in [6.45, 7) is 4.94. The van der Waals surface area contributed by atoms with Crippen LogP contribution in [0.3, 0.4) is 0 Å². The Balaban J connectivity index is 1.17. The van der Waals surface area contributed by atoms with E-state index in [2.05, 4.69) is 237 Å². The molecule has 0 heterocycles. The third-order valence-corrected chi connectivity index (χ3v) is 14.9. The molecule has 4 atom stereocenters. The van der Waals surface area contributed by atoms with Crippen LogP contribution in [0.2, 0.25) is 0 Å². The van der Waals surface area contributed by atoms with Crippen molar-refractivity contribution in [2.24, 2.45) is 17.8 Å². The molecule has 1 fully saturated rings. The molecule has 3 aliphatic rings. The summed E-state index contributed by atoms with van der Waals surface area (Å²) in [5, 5.41) is 2.53. The van der Waals surface area contributed by atoms with Gasteiger partial charge in [0.05, 0.1) is 0 Å². The number of nitrogens with zero attached hydrogens (tertiary/aromatic N) is 1. The molecule has 1 saturated carbocycles.